The zero-order valence-corrected chi connectivity index (χ0v) is 37.5. The molecule has 0 aromatic heterocycles. The zero-order chi connectivity index (χ0) is 42.6. The van der Waals surface area contributed by atoms with Crippen LogP contribution in [0.4, 0.5) is 0 Å². The van der Waals surface area contributed by atoms with Gasteiger partial charge in [0.25, 0.3) is 0 Å². The van der Waals surface area contributed by atoms with E-state index in [0.717, 1.165) is 51.4 Å². The van der Waals surface area contributed by atoms with E-state index in [2.05, 4.69) is 68.5 Å². The van der Waals surface area contributed by atoms with E-state index < -0.39 is 45.1 Å². The fourth-order valence-corrected chi connectivity index (χ4v) is 6.83. The number of carbonyl (C=O) groups is 2. The number of allylic oxidation sites excluding steroid dienone is 10. The van der Waals surface area contributed by atoms with Crippen LogP contribution in [0.3, 0.4) is 0 Å². The molecular weight excluding hydrogens is 753 g/mol. The third kappa shape index (κ3) is 41.8. The van der Waals surface area contributed by atoms with Gasteiger partial charge in [0, 0.05) is 13.0 Å². The van der Waals surface area contributed by atoms with Gasteiger partial charge in [-0.15, -0.1) is 0 Å². The molecule has 0 aliphatic carbocycles. The van der Waals surface area contributed by atoms with Gasteiger partial charge in [-0.05, 0) is 51.4 Å². The van der Waals surface area contributed by atoms with Crippen molar-refractivity contribution < 1.29 is 42.7 Å². The summed E-state index contributed by atoms with van der Waals surface area (Å²) in [7, 11) is -4.63. The first-order valence-corrected chi connectivity index (χ1v) is 24.3. The Labute approximate surface area is 353 Å². The Balaban J connectivity index is 4.28. The van der Waals surface area contributed by atoms with Crippen LogP contribution < -0.4 is 5.73 Å². The average molecular weight is 838 g/mol. The fourth-order valence-electron chi connectivity index (χ4n) is 6.05. The molecule has 3 unspecified atom stereocenters. The maximum Gasteiger partial charge on any atom is 0.472 e. The molecule has 0 spiro atoms. The summed E-state index contributed by atoms with van der Waals surface area (Å²) in [6, 6.07) is -1.48. The molecule has 11 heteroatoms. The van der Waals surface area contributed by atoms with Crippen LogP contribution in [0.1, 0.15) is 187 Å². The number of rotatable bonds is 43. The number of unbranched alkanes of at least 4 members (excludes halogenated alkanes) is 19. The molecule has 0 aliphatic rings. The Morgan fingerprint density at radius 1 is 0.569 bits per heavy atom. The molecule has 0 aliphatic heterocycles. The Morgan fingerprint density at radius 3 is 1.43 bits per heavy atom. The number of carboxylic acid groups (broad SMARTS) is 1. The number of phosphoric ester groups is 1. The van der Waals surface area contributed by atoms with E-state index in [1.165, 1.54) is 103 Å². The van der Waals surface area contributed by atoms with E-state index in [-0.39, 0.29) is 13.0 Å². The topological polar surface area (TPSA) is 155 Å². The second-order valence-corrected chi connectivity index (χ2v) is 16.6. The highest BCUT2D eigenvalue weighted by molar-refractivity contribution is 7.47. The van der Waals surface area contributed by atoms with Crippen LogP contribution in [0.5, 0.6) is 0 Å². The molecule has 10 nitrogen and oxygen atoms in total. The fraction of sp³-hybridized carbons (Fsp3) is 0.745. The third-order valence-corrected chi connectivity index (χ3v) is 10.5. The number of nitrogens with two attached hydrogens (primary N) is 1. The van der Waals surface area contributed by atoms with Crippen LogP contribution in [0, 0.1) is 0 Å². The highest BCUT2D eigenvalue weighted by Gasteiger charge is 2.27. The molecule has 0 aromatic rings. The van der Waals surface area contributed by atoms with Crippen molar-refractivity contribution in [2.24, 2.45) is 5.73 Å². The Morgan fingerprint density at radius 2 is 0.983 bits per heavy atom. The van der Waals surface area contributed by atoms with Gasteiger partial charge < -0.3 is 25.2 Å². The smallest absolute Gasteiger partial charge is 0.472 e. The number of ether oxygens (including phenoxy) is 2. The van der Waals surface area contributed by atoms with Crippen LogP contribution >= 0.6 is 7.82 Å². The molecule has 58 heavy (non-hydrogen) atoms. The number of esters is 1. The van der Waals surface area contributed by atoms with Gasteiger partial charge in [0.05, 0.1) is 19.8 Å². The molecule has 0 fully saturated rings. The van der Waals surface area contributed by atoms with Gasteiger partial charge in [0.15, 0.2) is 0 Å². The number of carboxylic acids is 1. The van der Waals surface area contributed by atoms with Crippen molar-refractivity contribution in [2.75, 3.05) is 26.4 Å². The lowest BCUT2D eigenvalue weighted by Crippen LogP contribution is -2.34. The van der Waals surface area contributed by atoms with Crippen LogP contribution in [0.15, 0.2) is 60.8 Å². The summed E-state index contributed by atoms with van der Waals surface area (Å²) in [5, 5.41) is 8.90. The lowest BCUT2D eigenvalue weighted by atomic mass is 10.0. The van der Waals surface area contributed by atoms with Crippen LogP contribution in [-0.4, -0.2) is 60.5 Å². The predicted molar refractivity (Wildman–Crippen MR) is 240 cm³/mol. The van der Waals surface area contributed by atoms with Crippen molar-refractivity contribution >= 4 is 19.8 Å². The molecule has 0 amide bonds. The quantitative estimate of drug-likeness (QED) is 0.0234. The summed E-state index contributed by atoms with van der Waals surface area (Å²) in [6.07, 6.45) is 51.4. The highest BCUT2D eigenvalue weighted by atomic mass is 31.2. The van der Waals surface area contributed by atoms with Crippen LogP contribution in [-0.2, 0) is 32.7 Å². The lowest BCUT2D eigenvalue weighted by molar-refractivity contribution is -0.154. The maximum atomic E-state index is 12.6. The minimum Gasteiger partial charge on any atom is -0.480 e. The lowest BCUT2D eigenvalue weighted by Gasteiger charge is -2.20. The second-order valence-electron chi connectivity index (χ2n) is 15.2. The first-order chi connectivity index (χ1) is 28.2. The maximum absolute atomic E-state index is 12.6. The van der Waals surface area contributed by atoms with E-state index in [4.69, 9.17) is 29.4 Å². The van der Waals surface area contributed by atoms with Crippen molar-refractivity contribution in [3.8, 4) is 0 Å². The molecule has 3 atom stereocenters. The Kier molecular flexibility index (Phi) is 41.1. The minimum atomic E-state index is -4.63. The van der Waals surface area contributed by atoms with Gasteiger partial charge in [-0.25, -0.2) is 4.57 Å². The summed E-state index contributed by atoms with van der Waals surface area (Å²) >= 11 is 0. The van der Waals surface area contributed by atoms with Gasteiger partial charge in [-0.1, -0.05) is 190 Å². The van der Waals surface area contributed by atoms with Crippen LogP contribution in [0.25, 0.3) is 0 Å². The standard InChI is InChI=1S/C47H84NO9P/c1-3-5-7-9-11-13-15-17-19-21-22-24-26-28-30-32-34-36-38-40-54-41-44(42-55-58(52,53)56-43-45(48)47(50)51)57-46(49)39-37-35-33-31-29-27-25-23-20-18-16-14-12-10-8-6-4-2/h6,8,12,14,18,20,25,27,31,33,44-45H,3-5,7,9-11,13,15-17,19,21-24,26,28-30,32,34-43,48H2,1-2H3,(H,50,51)(H,52,53)/b8-6-,14-12-,20-18-,27-25-,33-31-. The first kappa shape index (κ1) is 55.7. The van der Waals surface area contributed by atoms with Crippen molar-refractivity contribution in [3.63, 3.8) is 0 Å². The summed E-state index contributed by atoms with van der Waals surface area (Å²) in [5.41, 5.74) is 5.36. The molecule has 0 rings (SSSR count). The molecular formula is C47H84NO9P. The van der Waals surface area contributed by atoms with Gasteiger partial charge in [-0.2, -0.15) is 0 Å². The number of phosphoric acid groups is 1. The van der Waals surface area contributed by atoms with Gasteiger partial charge in [0.2, 0.25) is 0 Å². The monoisotopic (exact) mass is 838 g/mol. The highest BCUT2D eigenvalue weighted by Crippen LogP contribution is 2.43. The van der Waals surface area contributed by atoms with Crippen molar-refractivity contribution in [3.05, 3.63) is 60.8 Å². The first-order valence-electron chi connectivity index (χ1n) is 22.8. The van der Waals surface area contributed by atoms with E-state index >= 15 is 0 Å². The number of aliphatic carboxylic acids is 1. The normalized spacial score (nSPS) is 14.4. The van der Waals surface area contributed by atoms with E-state index in [0.29, 0.717) is 19.4 Å². The summed E-state index contributed by atoms with van der Waals surface area (Å²) in [4.78, 5) is 33.5. The molecule has 0 bridgehead atoms. The molecule has 336 valence electrons. The molecule has 4 N–H and O–H groups in total. The van der Waals surface area contributed by atoms with Gasteiger partial charge >= 0.3 is 19.8 Å². The second kappa shape index (κ2) is 42.8. The van der Waals surface area contributed by atoms with E-state index in [9.17, 15) is 19.0 Å². The Bertz CT molecular complexity index is 1150. The number of hydrogen-bond acceptors (Lipinski definition) is 8. The summed E-state index contributed by atoms with van der Waals surface area (Å²) in [6.45, 7) is 3.71. The number of hydrogen-bond donors (Lipinski definition) is 3. The minimum absolute atomic E-state index is 0.00576. The van der Waals surface area contributed by atoms with E-state index in [1.807, 2.05) is 6.08 Å². The third-order valence-electron chi connectivity index (χ3n) is 9.56. The summed E-state index contributed by atoms with van der Waals surface area (Å²) in [5.74, 6) is -1.84. The van der Waals surface area contributed by atoms with E-state index in [1.54, 1.807) is 0 Å². The molecule has 0 heterocycles. The van der Waals surface area contributed by atoms with Gasteiger partial charge in [0.1, 0.15) is 12.1 Å². The molecule has 0 aromatic carbocycles. The van der Waals surface area contributed by atoms with Crippen LogP contribution in [0.2, 0.25) is 0 Å². The van der Waals surface area contributed by atoms with Gasteiger partial charge in [-0.3, -0.25) is 18.6 Å². The average Bonchev–Trinajstić information content (AvgIpc) is 3.20. The predicted octanol–water partition coefficient (Wildman–Crippen LogP) is 12.8. The van der Waals surface area contributed by atoms with Crippen molar-refractivity contribution in [1.82, 2.24) is 0 Å². The largest absolute Gasteiger partial charge is 0.480 e. The van der Waals surface area contributed by atoms with Crippen molar-refractivity contribution in [2.45, 2.75) is 199 Å². The molecule has 0 saturated heterocycles. The Hall–Kier alpha value is -2.33. The number of carbonyl (C=O) groups excluding carboxylic acids is 1. The SMILES string of the molecule is CC/C=C\C/C=C\C/C=C\C/C=C\C/C=C\CCCC(=O)OC(COCCCCCCCCCCCCCCCCCCCCC)COP(=O)(O)OCC(N)C(=O)O. The molecule has 0 saturated carbocycles. The zero-order valence-electron chi connectivity index (χ0n) is 36.6. The molecule has 0 radical (unpaired) electrons. The summed E-state index contributed by atoms with van der Waals surface area (Å²) < 4.78 is 33.3. The van der Waals surface area contributed by atoms with Crippen molar-refractivity contribution in [1.29, 1.82) is 0 Å².